The summed E-state index contributed by atoms with van der Waals surface area (Å²) in [6, 6.07) is 8.05. The molecule has 3 N–H and O–H groups in total. The number of halogens is 1. The van der Waals surface area contributed by atoms with Gasteiger partial charge in [0.25, 0.3) is 0 Å². The van der Waals surface area contributed by atoms with Crippen molar-refractivity contribution in [2.24, 2.45) is 11.7 Å². The first-order valence-corrected chi connectivity index (χ1v) is 5.36. The maximum absolute atomic E-state index is 6.16. The van der Waals surface area contributed by atoms with Crippen LogP contribution >= 0.6 is 11.6 Å². The molecule has 1 aromatic rings. The first kappa shape index (κ1) is 9.97. The van der Waals surface area contributed by atoms with Gasteiger partial charge in [-0.3, -0.25) is 0 Å². The summed E-state index contributed by atoms with van der Waals surface area (Å²) < 4.78 is 0. The predicted octanol–water partition coefficient (Wildman–Crippen LogP) is 1.60. The fourth-order valence-corrected chi connectivity index (χ4v) is 2.40. The summed E-state index contributed by atoms with van der Waals surface area (Å²) in [5.74, 6) is 1.00. The number of nitrogens with one attached hydrogen (secondary N) is 1. The van der Waals surface area contributed by atoms with E-state index in [1.165, 1.54) is 5.56 Å². The second-order valence-corrected chi connectivity index (χ2v) is 4.19. The molecule has 0 aromatic heterocycles. The molecule has 2 unspecified atom stereocenters. The van der Waals surface area contributed by atoms with Crippen LogP contribution in [0.1, 0.15) is 11.5 Å². The third kappa shape index (κ3) is 1.78. The highest BCUT2D eigenvalue weighted by molar-refractivity contribution is 6.31. The molecule has 1 heterocycles. The molecule has 0 bridgehead atoms. The van der Waals surface area contributed by atoms with Crippen molar-refractivity contribution in [1.82, 2.24) is 5.32 Å². The smallest absolute Gasteiger partial charge is 0.0441 e. The quantitative estimate of drug-likeness (QED) is 0.779. The topological polar surface area (TPSA) is 38.0 Å². The van der Waals surface area contributed by atoms with E-state index in [-0.39, 0.29) is 0 Å². The molecule has 1 aliphatic rings. The molecule has 1 aromatic carbocycles. The van der Waals surface area contributed by atoms with E-state index in [1.807, 2.05) is 18.2 Å². The molecular weight excluding hydrogens is 196 g/mol. The summed E-state index contributed by atoms with van der Waals surface area (Å²) in [5.41, 5.74) is 6.96. The van der Waals surface area contributed by atoms with Gasteiger partial charge in [0.15, 0.2) is 0 Å². The van der Waals surface area contributed by atoms with Gasteiger partial charge in [-0.05, 0) is 30.6 Å². The monoisotopic (exact) mass is 210 g/mol. The molecule has 3 heteroatoms. The molecule has 0 aliphatic carbocycles. The van der Waals surface area contributed by atoms with E-state index >= 15 is 0 Å². The lowest BCUT2D eigenvalue weighted by molar-refractivity contribution is 0.531. The van der Waals surface area contributed by atoms with Gasteiger partial charge in [-0.15, -0.1) is 0 Å². The second-order valence-electron chi connectivity index (χ2n) is 3.78. The van der Waals surface area contributed by atoms with Crippen molar-refractivity contribution in [3.63, 3.8) is 0 Å². The van der Waals surface area contributed by atoms with Crippen LogP contribution in [0.15, 0.2) is 24.3 Å². The molecule has 0 spiro atoms. The molecule has 1 aliphatic heterocycles. The Morgan fingerprint density at radius 3 is 2.86 bits per heavy atom. The Morgan fingerprint density at radius 1 is 1.36 bits per heavy atom. The highest BCUT2D eigenvalue weighted by Crippen LogP contribution is 2.31. The summed E-state index contributed by atoms with van der Waals surface area (Å²) >= 11 is 6.16. The van der Waals surface area contributed by atoms with E-state index in [2.05, 4.69) is 11.4 Å². The van der Waals surface area contributed by atoms with Crippen LogP contribution in [0, 0.1) is 5.92 Å². The molecule has 76 valence electrons. The van der Waals surface area contributed by atoms with E-state index in [4.69, 9.17) is 17.3 Å². The predicted molar refractivity (Wildman–Crippen MR) is 59.6 cm³/mol. The Balaban J connectivity index is 2.26. The van der Waals surface area contributed by atoms with Gasteiger partial charge in [-0.2, -0.15) is 0 Å². The zero-order valence-electron chi connectivity index (χ0n) is 8.04. The van der Waals surface area contributed by atoms with Crippen molar-refractivity contribution in [3.05, 3.63) is 34.9 Å². The van der Waals surface area contributed by atoms with Crippen molar-refractivity contribution in [1.29, 1.82) is 0 Å². The largest absolute Gasteiger partial charge is 0.330 e. The zero-order valence-corrected chi connectivity index (χ0v) is 8.80. The van der Waals surface area contributed by atoms with Crippen LogP contribution < -0.4 is 11.1 Å². The average molecular weight is 211 g/mol. The number of rotatable bonds is 2. The van der Waals surface area contributed by atoms with Gasteiger partial charge >= 0.3 is 0 Å². The fourth-order valence-electron chi connectivity index (χ4n) is 2.12. The standard InChI is InChI=1S/C11H15ClN2/c12-11-4-2-1-3-9(11)10-7-14-6-8(10)5-13/h1-4,8,10,14H,5-7,13H2. The van der Waals surface area contributed by atoms with Crippen LogP contribution in [0.3, 0.4) is 0 Å². The molecule has 2 rings (SSSR count). The molecule has 2 nitrogen and oxygen atoms in total. The van der Waals surface area contributed by atoms with Crippen molar-refractivity contribution in [2.45, 2.75) is 5.92 Å². The number of hydrogen-bond donors (Lipinski definition) is 2. The van der Waals surface area contributed by atoms with Gasteiger partial charge in [0.05, 0.1) is 0 Å². The minimum atomic E-state index is 0.480. The summed E-state index contributed by atoms with van der Waals surface area (Å²) in [4.78, 5) is 0. The Morgan fingerprint density at radius 2 is 2.14 bits per heavy atom. The highest BCUT2D eigenvalue weighted by Gasteiger charge is 2.28. The normalized spacial score (nSPS) is 26.7. The molecule has 0 radical (unpaired) electrons. The second kappa shape index (κ2) is 4.30. The molecule has 0 amide bonds. The lowest BCUT2D eigenvalue weighted by Gasteiger charge is -2.18. The average Bonchev–Trinajstić information content (AvgIpc) is 2.66. The summed E-state index contributed by atoms with van der Waals surface area (Å²) in [6.07, 6.45) is 0. The van der Waals surface area contributed by atoms with Gasteiger partial charge in [-0.1, -0.05) is 29.8 Å². The first-order valence-electron chi connectivity index (χ1n) is 4.98. The Kier molecular flexibility index (Phi) is 3.06. The first-order chi connectivity index (χ1) is 6.83. The number of benzene rings is 1. The SMILES string of the molecule is NCC1CNCC1c1ccccc1Cl. The van der Waals surface area contributed by atoms with Gasteiger partial charge in [-0.25, -0.2) is 0 Å². The fraction of sp³-hybridized carbons (Fsp3) is 0.455. The van der Waals surface area contributed by atoms with Gasteiger partial charge in [0, 0.05) is 17.5 Å². The maximum atomic E-state index is 6.16. The molecule has 14 heavy (non-hydrogen) atoms. The van der Waals surface area contributed by atoms with Crippen molar-refractivity contribution >= 4 is 11.6 Å². The molecule has 1 saturated heterocycles. The number of nitrogens with two attached hydrogens (primary N) is 1. The van der Waals surface area contributed by atoms with Gasteiger partial charge in [0.2, 0.25) is 0 Å². The van der Waals surface area contributed by atoms with E-state index in [1.54, 1.807) is 0 Å². The van der Waals surface area contributed by atoms with Crippen LogP contribution in [0.2, 0.25) is 5.02 Å². The molecule has 1 fully saturated rings. The van der Waals surface area contributed by atoms with E-state index in [0.29, 0.717) is 11.8 Å². The third-order valence-corrected chi connectivity index (χ3v) is 3.29. The Hall–Kier alpha value is -0.570. The Labute approximate surface area is 89.4 Å². The van der Waals surface area contributed by atoms with Crippen LogP contribution in [-0.4, -0.2) is 19.6 Å². The van der Waals surface area contributed by atoms with Crippen LogP contribution in [0.5, 0.6) is 0 Å². The third-order valence-electron chi connectivity index (χ3n) is 2.95. The van der Waals surface area contributed by atoms with Crippen molar-refractivity contribution in [3.8, 4) is 0 Å². The highest BCUT2D eigenvalue weighted by atomic mass is 35.5. The van der Waals surface area contributed by atoms with Crippen molar-refractivity contribution < 1.29 is 0 Å². The minimum Gasteiger partial charge on any atom is -0.330 e. The number of hydrogen-bond acceptors (Lipinski definition) is 2. The van der Waals surface area contributed by atoms with E-state index in [9.17, 15) is 0 Å². The van der Waals surface area contributed by atoms with Gasteiger partial charge < -0.3 is 11.1 Å². The molecular formula is C11H15ClN2. The molecule has 2 atom stereocenters. The van der Waals surface area contributed by atoms with Crippen LogP contribution in [0.4, 0.5) is 0 Å². The van der Waals surface area contributed by atoms with Gasteiger partial charge in [0.1, 0.15) is 0 Å². The zero-order chi connectivity index (χ0) is 9.97. The summed E-state index contributed by atoms with van der Waals surface area (Å²) in [7, 11) is 0. The van der Waals surface area contributed by atoms with E-state index in [0.717, 1.165) is 24.7 Å². The summed E-state index contributed by atoms with van der Waals surface area (Å²) in [5, 5.41) is 4.22. The maximum Gasteiger partial charge on any atom is 0.0441 e. The lowest BCUT2D eigenvalue weighted by Crippen LogP contribution is -2.21. The minimum absolute atomic E-state index is 0.480. The van der Waals surface area contributed by atoms with E-state index < -0.39 is 0 Å². The molecule has 0 saturated carbocycles. The lowest BCUT2D eigenvalue weighted by atomic mass is 9.89. The van der Waals surface area contributed by atoms with Crippen molar-refractivity contribution in [2.75, 3.05) is 19.6 Å². The van der Waals surface area contributed by atoms with Crippen LogP contribution in [-0.2, 0) is 0 Å². The Bertz CT molecular complexity index is 314. The van der Waals surface area contributed by atoms with Crippen LogP contribution in [0.25, 0.3) is 0 Å². The summed E-state index contributed by atoms with van der Waals surface area (Å²) in [6.45, 7) is 2.72.